The third-order valence-electron chi connectivity index (χ3n) is 7.64. The molecule has 2 aromatic carbocycles. The van der Waals surface area contributed by atoms with E-state index in [4.69, 9.17) is 9.47 Å². The zero-order chi connectivity index (χ0) is 26.7. The van der Waals surface area contributed by atoms with Gasteiger partial charge in [0.2, 0.25) is 0 Å². The van der Waals surface area contributed by atoms with Crippen molar-refractivity contribution in [1.29, 1.82) is 0 Å². The van der Waals surface area contributed by atoms with Crippen LogP contribution in [0.5, 0.6) is 5.75 Å². The van der Waals surface area contributed by atoms with E-state index in [-0.39, 0.29) is 12.2 Å². The predicted molar refractivity (Wildman–Crippen MR) is 154 cm³/mol. The molecule has 1 heterocycles. The number of aliphatic hydroxyl groups excluding tert-OH is 1. The Labute approximate surface area is 224 Å². The molecule has 2 atom stereocenters. The SMILES string of the molecule is C=C(CC(C)=C(OC)c1ccc(OC(C)C)c(CC(C)C)c1)c1cccc2c1CCC2N1CCC(O)C1. The summed E-state index contributed by atoms with van der Waals surface area (Å²) in [5.41, 5.74) is 8.74. The minimum Gasteiger partial charge on any atom is -0.496 e. The summed E-state index contributed by atoms with van der Waals surface area (Å²) in [4.78, 5) is 2.46. The van der Waals surface area contributed by atoms with E-state index in [9.17, 15) is 5.11 Å². The summed E-state index contributed by atoms with van der Waals surface area (Å²) in [6.45, 7) is 17.1. The van der Waals surface area contributed by atoms with E-state index in [0.717, 1.165) is 67.8 Å². The first-order chi connectivity index (χ1) is 17.7. The second-order valence-electron chi connectivity index (χ2n) is 11.5. The molecule has 1 N–H and O–H groups in total. The van der Waals surface area contributed by atoms with Crippen molar-refractivity contribution in [3.8, 4) is 5.75 Å². The summed E-state index contributed by atoms with van der Waals surface area (Å²) < 4.78 is 12.1. The Bertz CT molecular complexity index is 1150. The molecule has 0 radical (unpaired) electrons. The van der Waals surface area contributed by atoms with Crippen LogP contribution in [0.15, 0.2) is 48.6 Å². The van der Waals surface area contributed by atoms with Gasteiger partial charge in [-0.15, -0.1) is 0 Å². The summed E-state index contributed by atoms with van der Waals surface area (Å²) in [6.07, 6.45) is 4.74. The maximum atomic E-state index is 10.1. The van der Waals surface area contributed by atoms with Crippen molar-refractivity contribution in [2.24, 2.45) is 5.92 Å². The van der Waals surface area contributed by atoms with Crippen molar-refractivity contribution in [2.45, 2.75) is 85.0 Å². The quantitative estimate of drug-likeness (QED) is 0.348. The Balaban J connectivity index is 1.58. The van der Waals surface area contributed by atoms with E-state index in [1.54, 1.807) is 7.11 Å². The Morgan fingerprint density at radius 3 is 2.57 bits per heavy atom. The fraction of sp³-hybridized carbons (Fsp3) is 0.515. The number of allylic oxidation sites excluding steroid dienone is 2. The van der Waals surface area contributed by atoms with Crippen molar-refractivity contribution < 1.29 is 14.6 Å². The van der Waals surface area contributed by atoms with Crippen molar-refractivity contribution in [1.82, 2.24) is 4.90 Å². The summed E-state index contributed by atoms with van der Waals surface area (Å²) >= 11 is 0. The monoisotopic (exact) mass is 503 g/mol. The Hall–Kier alpha value is -2.56. The number of fused-ring (bicyclic) bond motifs is 1. The third kappa shape index (κ3) is 6.30. The van der Waals surface area contributed by atoms with E-state index in [1.165, 1.54) is 27.8 Å². The maximum absolute atomic E-state index is 10.1. The van der Waals surface area contributed by atoms with Crippen LogP contribution in [0.25, 0.3) is 11.3 Å². The summed E-state index contributed by atoms with van der Waals surface area (Å²) in [7, 11) is 1.76. The number of ether oxygens (including phenoxy) is 2. The van der Waals surface area contributed by atoms with Crippen LogP contribution < -0.4 is 4.74 Å². The van der Waals surface area contributed by atoms with Gasteiger partial charge < -0.3 is 14.6 Å². The van der Waals surface area contributed by atoms with Crippen molar-refractivity contribution >= 4 is 11.3 Å². The lowest BCUT2D eigenvalue weighted by Crippen LogP contribution is -2.26. The number of aliphatic hydroxyl groups is 1. The van der Waals surface area contributed by atoms with E-state index >= 15 is 0 Å². The van der Waals surface area contributed by atoms with E-state index < -0.39 is 0 Å². The number of β-amino-alcohol motifs (C(OH)–C–C–N with tert-alkyl or cyclic N) is 1. The Kier molecular flexibility index (Phi) is 8.82. The van der Waals surface area contributed by atoms with Crippen LogP contribution in [0.2, 0.25) is 0 Å². The lowest BCUT2D eigenvalue weighted by Gasteiger charge is -2.24. The van der Waals surface area contributed by atoms with Gasteiger partial charge in [-0.1, -0.05) is 38.6 Å². The lowest BCUT2D eigenvalue weighted by atomic mass is 9.92. The number of hydrogen-bond donors (Lipinski definition) is 1. The fourth-order valence-corrected chi connectivity index (χ4v) is 6.12. The minimum atomic E-state index is -0.186. The molecule has 4 rings (SSSR count). The highest BCUT2D eigenvalue weighted by Crippen LogP contribution is 2.41. The zero-order valence-electron chi connectivity index (χ0n) is 23.6. The van der Waals surface area contributed by atoms with Crippen LogP contribution in [-0.2, 0) is 17.6 Å². The number of nitrogens with zero attached hydrogens (tertiary/aromatic N) is 1. The molecule has 0 spiro atoms. The summed E-state index contributed by atoms with van der Waals surface area (Å²) in [6, 6.07) is 13.5. The molecular formula is C33H45NO3. The molecule has 200 valence electrons. The lowest BCUT2D eigenvalue weighted by molar-refractivity contribution is 0.159. The van der Waals surface area contributed by atoms with Gasteiger partial charge in [-0.3, -0.25) is 4.90 Å². The van der Waals surface area contributed by atoms with Crippen LogP contribution in [0, 0.1) is 5.92 Å². The molecule has 1 aliphatic heterocycles. The van der Waals surface area contributed by atoms with Gasteiger partial charge in [-0.25, -0.2) is 0 Å². The second-order valence-corrected chi connectivity index (χ2v) is 11.5. The number of hydrogen-bond acceptors (Lipinski definition) is 4. The Morgan fingerprint density at radius 1 is 1.14 bits per heavy atom. The normalized spacial score (nSPS) is 20.4. The van der Waals surface area contributed by atoms with Crippen LogP contribution in [-0.4, -0.2) is 42.4 Å². The molecule has 4 nitrogen and oxygen atoms in total. The first kappa shape index (κ1) is 27.5. The molecule has 0 saturated carbocycles. The molecule has 37 heavy (non-hydrogen) atoms. The molecule has 1 fully saturated rings. The first-order valence-electron chi connectivity index (χ1n) is 13.9. The Morgan fingerprint density at radius 2 is 1.92 bits per heavy atom. The molecule has 2 aliphatic rings. The average molecular weight is 504 g/mol. The largest absolute Gasteiger partial charge is 0.496 e. The van der Waals surface area contributed by atoms with Crippen LogP contribution >= 0.6 is 0 Å². The zero-order valence-corrected chi connectivity index (χ0v) is 23.6. The van der Waals surface area contributed by atoms with E-state index in [1.807, 2.05) is 0 Å². The van der Waals surface area contributed by atoms with Gasteiger partial charge in [-0.05, 0) is 110 Å². The fourth-order valence-electron chi connectivity index (χ4n) is 6.12. The molecule has 4 heteroatoms. The van der Waals surface area contributed by atoms with Gasteiger partial charge in [-0.2, -0.15) is 0 Å². The molecule has 0 aromatic heterocycles. The highest BCUT2D eigenvalue weighted by molar-refractivity contribution is 5.74. The number of likely N-dealkylation sites (tertiary alicyclic amines) is 1. The van der Waals surface area contributed by atoms with Gasteiger partial charge in [0.15, 0.2) is 0 Å². The third-order valence-corrected chi connectivity index (χ3v) is 7.64. The smallest absolute Gasteiger partial charge is 0.125 e. The number of rotatable bonds is 10. The van der Waals surface area contributed by atoms with Crippen LogP contribution in [0.3, 0.4) is 0 Å². The molecule has 2 aromatic rings. The highest BCUT2D eigenvalue weighted by Gasteiger charge is 2.33. The molecule has 2 unspecified atom stereocenters. The standard InChI is InChI=1S/C33H45NO3/c1-21(2)17-26-19-25(11-14-32(26)37-22(3)4)33(36-7)24(6)18-23(5)28-9-8-10-30-29(28)12-13-31(30)34-16-15-27(35)20-34/h8-11,14,19,21-22,27,31,35H,5,12-13,15-18,20H2,1-4,6-7H3. The van der Waals surface area contributed by atoms with Crippen molar-refractivity contribution in [2.75, 3.05) is 20.2 Å². The number of benzene rings is 2. The summed E-state index contributed by atoms with van der Waals surface area (Å²) in [5, 5.41) is 10.1. The van der Waals surface area contributed by atoms with E-state index in [0.29, 0.717) is 12.0 Å². The predicted octanol–water partition coefficient (Wildman–Crippen LogP) is 7.21. The van der Waals surface area contributed by atoms with Crippen molar-refractivity contribution in [3.05, 3.63) is 76.4 Å². The second kappa shape index (κ2) is 11.9. The minimum absolute atomic E-state index is 0.141. The van der Waals surface area contributed by atoms with Crippen LogP contribution in [0.4, 0.5) is 0 Å². The number of methoxy groups -OCH3 is 1. The maximum Gasteiger partial charge on any atom is 0.125 e. The molecule has 1 aliphatic carbocycles. The van der Waals surface area contributed by atoms with Gasteiger partial charge >= 0.3 is 0 Å². The van der Waals surface area contributed by atoms with E-state index in [2.05, 4.69) is 82.5 Å². The molecule has 0 amide bonds. The highest BCUT2D eigenvalue weighted by atomic mass is 16.5. The summed E-state index contributed by atoms with van der Waals surface area (Å²) in [5.74, 6) is 2.41. The molecule has 0 bridgehead atoms. The van der Waals surface area contributed by atoms with Crippen molar-refractivity contribution in [3.63, 3.8) is 0 Å². The van der Waals surface area contributed by atoms with Crippen LogP contribution in [0.1, 0.15) is 87.7 Å². The van der Waals surface area contributed by atoms with Gasteiger partial charge in [0, 0.05) is 24.7 Å². The molecule has 1 saturated heterocycles. The topological polar surface area (TPSA) is 41.9 Å². The first-order valence-corrected chi connectivity index (χ1v) is 13.9. The van der Waals surface area contributed by atoms with Gasteiger partial charge in [0.1, 0.15) is 11.5 Å². The van der Waals surface area contributed by atoms with Gasteiger partial charge in [0.05, 0.1) is 19.3 Å². The average Bonchev–Trinajstić information content (AvgIpc) is 3.46. The molecular weight excluding hydrogens is 458 g/mol. The van der Waals surface area contributed by atoms with Gasteiger partial charge in [0.25, 0.3) is 0 Å².